The molecule has 93 heavy (non-hydrogen) atoms. The first-order valence-electron chi connectivity index (χ1n) is 35.3. The molecule has 0 radical (unpaired) electrons. The summed E-state index contributed by atoms with van der Waals surface area (Å²) in [5.41, 5.74) is 0. The van der Waals surface area contributed by atoms with Gasteiger partial charge in [0.05, 0.1) is 38.6 Å². The van der Waals surface area contributed by atoms with E-state index in [0.29, 0.717) is 12.8 Å². The van der Waals surface area contributed by atoms with Crippen molar-refractivity contribution in [2.24, 2.45) is 0 Å². The minimum absolute atomic E-state index is 0.172. The highest BCUT2D eigenvalue weighted by molar-refractivity contribution is 5.76. The van der Waals surface area contributed by atoms with Gasteiger partial charge in [-0.1, -0.05) is 225 Å². The Labute approximate surface area is 557 Å². The van der Waals surface area contributed by atoms with Crippen LogP contribution in [-0.4, -0.2) is 193 Å². The predicted molar refractivity (Wildman–Crippen MR) is 364 cm³/mol. The molecule has 19 heteroatoms. The molecule has 3 rings (SSSR count). The van der Waals surface area contributed by atoms with Gasteiger partial charge in [0.25, 0.3) is 0 Å². The van der Waals surface area contributed by atoms with Crippen molar-refractivity contribution in [3.05, 3.63) is 122 Å². The lowest BCUT2D eigenvalue weighted by Crippen LogP contribution is -2.66. The summed E-state index contributed by atoms with van der Waals surface area (Å²) in [4.78, 5) is 13.4. The first-order valence-corrected chi connectivity index (χ1v) is 35.3. The number of ether oxygens (including phenoxy) is 6. The minimum atomic E-state index is -1.99. The molecule has 0 aromatic rings. The van der Waals surface area contributed by atoms with Crippen molar-refractivity contribution < 1.29 is 89.4 Å². The van der Waals surface area contributed by atoms with Gasteiger partial charge in [-0.15, -0.1) is 0 Å². The van der Waals surface area contributed by atoms with Crippen LogP contribution < -0.4 is 5.32 Å². The SMILES string of the molecule is CC/C=C\C/C=C\C/C=C\C/C=C\C/C=C\C/C=C\C/C=C\C/C=C\CCCCC(=O)NC(COC1OC(CO)C(OC2OC(CO)C(OC3OC(CO)C(O)C(O)C3O)C(O)C2O)C(O)C1O)C(O)/C=C/CC/C=C/CCCCCCCCCCCCCCCCC. The number of aliphatic hydroxyl groups excluding tert-OH is 11. The molecule has 19 nitrogen and oxygen atoms in total. The molecule has 3 aliphatic heterocycles. The zero-order valence-corrected chi connectivity index (χ0v) is 56.2. The molecular weight excluding hydrogens is 1190 g/mol. The van der Waals surface area contributed by atoms with E-state index in [0.717, 1.165) is 83.5 Å². The summed E-state index contributed by atoms with van der Waals surface area (Å²) >= 11 is 0. The van der Waals surface area contributed by atoms with E-state index in [1.165, 1.54) is 89.9 Å². The van der Waals surface area contributed by atoms with E-state index >= 15 is 0 Å². The standard InChI is InChI=1S/C74H123NO18/c1-3-5-7-9-11-13-15-17-19-21-23-25-26-27-28-29-30-32-34-36-38-40-42-44-46-48-50-52-62(80)75-57(58(79)51-49-47-45-43-41-39-37-35-33-31-24-22-20-18-16-14-12-10-8-6-4-2)56-88-72-68(86)65(83)70(60(54-77)90-72)93-74-69(87)66(84)71(61(55-78)91-74)92-73-67(85)64(82)63(81)59(53-76)89-73/h5,7,11,13,17,19,23,25,27-28,30,32,36,38,41-44,49,51,57-61,63-74,76-79,81-87H,3-4,6,8-10,12,14-16,18,20-22,24,26,29,31,33-35,37,39-40,45-48,50,52-56H2,1-2H3,(H,75,80)/b7-5-,13-11-,19-17-,25-23-,28-27-,32-30-,38-36-,43-41+,44-42-,51-49+. The van der Waals surface area contributed by atoms with E-state index in [4.69, 9.17) is 28.4 Å². The summed E-state index contributed by atoms with van der Waals surface area (Å²) in [7, 11) is 0. The fourth-order valence-electron chi connectivity index (χ4n) is 11.0. The molecule has 3 aliphatic rings. The monoisotopic (exact) mass is 1310 g/mol. The number of amides is 1. The number of carbonyl (C=O) groups excluding carboxylic acids is 1. The first-order chi connectivity index (χ1) is 45.3. The summed E-state index contributed by atoms with van der Waals surface area (Å²) in [5.74, 6) is -0.332. The van der Waals surface area contributed by atoms with Crippen molar-refractivity contribution in [1.29, 1.82) is 0 Å². The molecule has 3 heterocycles. The van der Waals surface area contributed by atoms with E-state index in [-0.39, 0.29) is 12.3 Å². The van der Waals surface area contributed by atoms with Gasteiger partial charge in [-0.2, -0.15) is 0 Å². The second-order valence-electron chi connectivity index (χ2n) is 24.6. The van der Waals surface area contributed by atoms with Gasteiger partial charge in [0, 0.05) is 6.42 Å². The second kappa shape index (κ2) is 54.2. The van der Waals surface area contributed by atoms with Gasteiger partial charge in [0.2, 0.25) is 5.91 Å². The molecule has 0 aromatic heterocycles. The van der Waals surface area contributed by atoms with Crippen LogP contribution in [0.2, 0.25) is 0 Å². The molecule has 0 bridgehead atoms. The Morgan fingerprint density at radius 2 is 0.753 bits per heavy atom. The van der Waals surface area contributed by atoms with Crippen LogP contribution in [0.3, 0.4) is 0 Å². The van der Waals surface area contributed by atoms with Gasteiger partial charge in [0.15, 0.2) is 18.9 Å². The van der Waals surface area contributed by atoms with Gasteiger partial charge < -0.3 is 89.9 Å². The zero-order valence-electron chi connectivity index (χ0n) is 56.2. The number of rotatable bonds is 52. The van der Waals surface area contributed by atoms with Gasteiger partial charge in [0.1, 0.15) is 73.2 Å². The normalized spacial score (nSPS) is 28.3. The number of unbranched alkanes of at least 4 members (excludes halogenated alkanes) is 18. The Bertz CT molecular complexity index is 2160. The number of carbonyl (C=O) groups is 1. The fourth-order valence-corrected chi connectivity index (χ4v) is 11.0. The largest absolute Gasteiger partial charge is 0.394 e. The van der Waals surface area contributed by atoms with Crippen molar-refractivity contribution >= 4 is 5.91 Å². The lowest BCUT2D eigenvalue weighted by atomic mass is 9.96. The van der Waals surface area contributed by atoms with Crippen LogP contribution in [0.25, 0.3) is 0 Å². The van der Waals surface area contributed by atoms with E-state index in [1.54, 1.807) is 6.08 Å². The lowest BCUT2D eigenvalue weighted by molar-refractivity contribution is -0.379. The van der Waals surface area contributed by atoms with Gasteiger partial charge in [-0.25, -0.2) is 0 Å². The fraction of sp³-hybridized carbons (Fsp3) is 0.716. The summed E-state index contributed by atoms with van der Waals surface area (Å²) in [6.07, 6.45) is 47.4. The molecule has 1 amide bonds. The maximum Gasteiger partial charge on any atom is 0.220 e. The van der Waals surface area contributed by atoms with E-state index in [9.17, 15) is 61.0 Å². The predicted octanol–water partition coefficient (Wildman–Crippen LogP) is 9.60. The Kier molecular flexibility index (Phi) is 48.6. The molecule has 3 saturated heterocycles. The molecule has 0 saturated carbocycles. The maximum atomic E-state index is 13.4. The van der Waals surface area contributed by atoms with Crippen LogP contribution >= 0.6 is 0 Å². The van der Waals surface area contributed by atoms with Crippen molar-refractivity contribution in [3.63, 3.8) is 0 Å². The molecule has 3 fully saturated rings. The van der Waals surface area contributed by atoms with E-state index < -0.39 is 131 Å². The van der Waals surface area contributed by atoms with Crippen LogP contribution in [0.15, 0.2) is 122 Å². The van der Waals surface area contributed by atoms with Crippen LogP contribution in [-0.2, 0) is 33.2 Å². The summed E-state index contributed by atoms with van der Waals surface area (Å²) in [6, 6.07) is -1.02. The molecule has 17 atom stereocenters. The highest BCUT2D eigenvalue weighted by atomic mass is 16.8. The number of hydrogen-bond acceptors (Lipinski definition) is 18. The van der Waals surface area contributed by atoms with Crippen molar-refractivity contribution in [2.45, 2.75) is 311 Å². The average molecular weight is 1310 g/mol. The Hall–Kier alpha value is -3.81. The van der Waals surface area contributed by atoms with Gasteiger partial charge in [-0.05, 0) is 96.3 Å². The van der Waals surface area contributed by atoms with Crippen molar-refractivity contribution in [3.8, 4) is 0 Å². The number of nitrogens with one attached hydrogen (secondary N) is 1. The van der Waals surface area contributed by atoms with Crippen LogP contribution in [0, 0.1) is 0 Å². The summed E-state index contributed by atoms with van der Waals surface area (Å²) in [5, 5.41) is 121. The topological polar surface area (TPSA) is 307 Å². The minimum Gasteiger partial charge on any atom is -0.394 e. The lowest BCUT2D eigenvalue weighted by Gasteiger charge is -2.48. The number of aliphatic hydroxyl groups is 11. The quantitative estimate of drug-likeness (QED) is 0.0199. The van der Waals surface area contributed by atoms with E-state index in [1.807, 2.05) is 6.08 Å². The van der Waals surface area contributed by atoms with Crippen LogP contribution in [0.5, 0.6) is 0 Å². The smallest absolute Gasteiger partial charge is 0.220 e. The van der Waals surface area contributed by atoms with E-state index in [2.05, 4.69) is 129 Å². The number of hydrogen-bond donors (Lipinski definition) is 12. The Balaban J connectivity index is 1.47. The maximum absolute atomic E-state index is 13.4. The number of allylic oxidation sites excluding steroid dienone is 19. The van der Waals surface area contributed by atoms with Crippen LogP contribution in [0.4, 0.5) is 0 Å². The molecule has 0 aliphatic carbocycles. The molecule has 532 valence electrons. The summed E-state index contributed by atoms with van der Waals surface area (Å²) < 4.78 is 34.3. The van der Waals surface area contributed by atoms with Crippen molar-refractivity contribution in [2.75, 3.05) is 26.4 Å². The third-order valence-electron chi connectivity index (χ3n) is 16.7. The first kappa shape index (κ1) is 83.4. The zero-order chi connectivity index (χ0) is 67.5. The average Bonchev–Trinajstić information content (AvgIpc) is 0.902. The van der Waals surface area contributed by atoms with Gasteiger partial charge in [-0.3, -0.25) is 4.79 Å². The van der Waals surface area contributed by atoms with Crippen molar-refractivity contribution in [1.82, 2.24) is 5.32 Å². The second-order valence-corrected chi connectivity index (χ2v) is 24.6. The molecule has 17 unspecified atom stereocenters. The molecular formula is C74H123NO18. The molecule has 0 spiro atoms. The molecule has 12 N–H and O–H groups in total. The highest BCUT2D eigenvalue weighted by Gasteiger charge is 2.53. The highest BCUT2D eigenvalue weighted by Crippen LogP contribution is 2.33. The third kappa shape index (κ3) is 35.8. The Morgan fingerprint density at radius 1 is 0.398 bits per heavy atom. The molecule has 0 aromatic carbocycles. The third-order valence-corrected chi connectivity index (χ3v) is 16.7. The van der Waals surface area contributed by atoms with Gasteiger partial charge >= 0.3 is 0 Å². The van der Waals surface area contributed by atoms with Crippen LogP contribution in [0.1, 0.15) is 206 Å². The summed E-state index contributed by atoms with van der Waals surface area (Å²) in [6.45, 7) is 1.56. The Morgan fingerprint density at radius 3 is 1.20 bits per heavy atom.